The highest BCUT2D eigenvalue weighted by Gasteiger charge is 2.07. The van der Waals surface area contributed by atoms with E-state index >= 15 is 0 Å². The number of hydrogen-bond acceptors (Lipinski definition) is 3. The van der Waals surface area contributed by atoms with Gasteiger partial charge in [-0.3, -0.25) is 4.55 Å². The number of hydrogen-bond donors (Lipinski definition) is 2. The first-order valence-electron chi connectivity index (χ1n) is 8.16. The van der Waals surface area contributed by atoms with Crippen LogP contribution in [-0.2, 0) is 10.1 Å². The molecule has 0 amide bonds. The van der Waals surface area contributed by atoms with Crippen molar-refractivity contribution >= 4 is 10.1 Å². The highest BCUT2D eigenvalue weighted by atomic mass is 32.2. The zero-order valence-corrected chi connectivity index (χ0v) is 13.8. The highest BCUT2D eigenvalue weighted by Crippen LogP contribution is 2.12. The predicted octanol–water partition coefficient (Wildman–Crippen LogP) is 3.90. The third kappa shape index (κ3) is 15.9. The Hall–Kier alpha value is -0.130. The van der Waals surface area contributed by atoms with Crippen molar-refractivity contribution in [3.05, 3.63) is 0 Å². The maximum atomic E-state index is 10.6. The average molecular weight is 308 g/mol. The van der Waals surface area contributed by atoms with Crippen molar-refractivity contribution in [2.45, 2.75) is 90.0 Å². The van der Waals surface area contributed by atoms with Crippen LogP contribution in [-0.4, -0.2) is 24.8 Å². The third-order valence-electron chi connectivity index (χ3n) is 3.66. The molecule has 0 fully saturated rings. The topological polar surface area (TPSA) is 80.4 Å². The van der Waals surface area contributed by atoms with E-state index in [9.17, 15) is 8.42 Å². The first-order chi connectivity index (χ1) is 9.45. The summed E-state index contributed by atoms with van der Waals surface area (Å²) in [5.74, 6) is -0.168. The molecule has 5 heteroatoms. The van der Waals surface area contributed by atoms with Gasteiger partial charge in [0.25, 0.3) is 10.1 Å². The van der Waals surface area contributed by atoms with E-state index in [0.717, 1.165) is 12.8 Å². The molecule has 0 aromatic carbocycles. The Bertz CT molecular complexity index is 304. The van der Waals surface area contributed by atoms with Crippen molar-refractivity contribution in [1.29, 1.82) is 0 Å². The molecule has 0 heterocycles. The summed E-state index contributed by atoms with van der Waals surface area (Å²) in [6.07, 6.45) is 13.8. The van der Waals surface area contributed by atoms with Gasteiger partial charge < -0.3 is 5.73 Å². The molecule has 20 heavy (non-hydrogen) atoms. The van der Waals surface area contributed by atoms with E-state index < -0.39 is 10.1 Å². The Kier molecular flexibility index (Phi) is 12.5. The summed E-state index contributed by atoms with van der Waals surface area (Å²) < 4.78 is 29.7. The summed E-state index contributed by atoms with van der Waals surface area (Å²) >= 11 is 0. The van der Waals surface area contributed by atoms with Crippen LogP contribution in [0.4, 0.5) is 0 Å². The van der Waals surface area contributed by atoms with Gasteiger partial charge in [0.2, 0.25) is 0 Å². The lowest BCUT2D eigenvalue weighted by Gasteiger charge is -2.10. The van der Waals surface area contributed by atoms with Gasteiger partial charge in [-0.1, -0.05) is 64.7 Å². The minimum absolute atomic E-state index is 0.0707. The quantitative estimate of drug-likeness (QED) is 0.377. The van der Waals surface area contributed by atoms with E-state index in [1.165, 1.54) is 51.4 Å². The number of unbranched alkanes of at least 4 members (excludes halogenated alkanes) is 8. The van der Waals surface area contributed by atoms with E-state index in [1.54, 1.807) is 0 Å². The highest BCUT2D eigenvalue weighted by molar-refractivity contribution is 7.85. The second-order valence-electron chi connectivity index (χ2n) is 5.81. The van der Waals surface area contributed by atoms with Crippen LogP contribution in [0.2, 0.25) is 0 Å². The van der Waals surface area contributed by atoms with Gasteiger partial charge in [0.1, 0.15) is 0 Å². The van der Waals surface area contributed by atoms with Crippen LogP contribution >= 0.6 is 0 Å². The fourth-order valence-electron chi connectivity index (χ4n) is 2.39. The van der Waals surface area contributed by atoms with Gasteiger partial charge in [-0.15, -0.1) is 0 Å². The van der Waals surface area contributed by atoms with Crippen LogP contribution in [0.15, 0.2) is 0 Å². The molecule has 122 valence electrons. The smallest absolute Gasteiger partial charge is 0.264 e. The number of nitrogens with two attached hydrogens (primary N) is 1. The summed E-state index contributed by atoms with van der Waals surface area (Å²) in [7, 11) is -3.82. The first-order valence-corrected chi connectivity index (χ1v) is 9.77. The molecule has 1 unspecified atom stereocenters. The largest absolute Gasteiger partial charge is 0.328 e. The maximum absolute atomic E-state index is 10.6. The van der Waals surface area contributed by atoms with Crippen LogP contribution < -0.4 is 5.73 Å². The van der Waals surface area contributed by atoms with Crippen LogP contribution in [0, 0.1) is 0 Å². The Morgan fingerprint density at radius 3 is 1.80 bits per heavy atom. The zero-order chi connectivity index (χ0) is 15.3. The lowest BCUT2D eigenvalue weighted by Crippen LogP contribution is -2.20. The fourth-order valence-corrected chi connectivity index (χ4v) is 2.92. The van der Waals surface area contributed by atoms with E-state index in [4.69, 9.17) is 10.3 Å². The van der Waals surface area contributed by atoms with Gasteiger partial charge in [0.05, 0.1) is 5.75 Å². The Morgan fingerprint density at radius 2 is 1.30 bits per heavy atom. The van der Waals surface area contributed by atoms with Gasteiger partial charge in [-0.05, 0) is 19.3 Å². The molecule has 0 rings (SSSR count). The van der Waals surface area contributed by atoms with E-state index in [1.807, 2.05) is 0 Å². The average Bonchev–Trinajstić information content (AvgIpc) is 2.35. The zero-order valence-electron chi connectivity index (χ0n) is 13.0. The second kappa shape index (κ2) is 12.6. The fraction of sp³-hybridized carbons (Fsp3) is 1.00. The standard InChI is InChI=1S/C15H33NO3S/c1-2-3-4-5-6-7-8-9-10-12-15(16)13-11-14-20(17,18)19/h15H,2-14,16H2,1H3,(H,17,18,19). The van der Waals surface area contributed by atoms with Gasteiger partial charge >= 0.3 is 0 Å². The molecule has 0 bridgehead atoms. The molecular weight excluding hydrogens is 274 g/mol. The van der Waals surface area contributed by atoms with Gasteiger partial charge in [0.15, 0.2) is 0 Å². The minimum Gasteiger partial charge on any atom is -0.328 e. The summed E-state index contributed by atoms with van der Waals surface area (Å²) in [6, 6.07) is 0.0707. The molecular formula is C15H33NO3S. The summed E-state index contributed by atoms with van der Waals surface area (Å²) in [4.78, 5) is 0. The van der Waals surface area contributed by atoms with Crippen LogP contribution in [0.25, 0.3) is 0 Å². The van der Waals surface area contributed by atoms with E-state index in [0.29, 0.717) is 12.8 Å². The van der Waals surface area contributed by atoms with Crippen molar-refractivity contribution in [2.24, 2.45) is 5.73 Å². The molecule has 0 aromatic heterocycles. The lowest BCUT2D eigenvalue weighted by molar-refractivity contribution is 0.471. The van der Waals surface area contributed by atoms with Gasteiger partial charge in [-0.2, -0.15) is 8.42 Å². The summed E-state index contributed by atoms with van der Waals surface area (Å²) in [6.45, 7) is 2.24. The molecule has 0 saturated heterocycles. The molecule has 0 radical (unpaired) electrons. The molecule has 0 spiro atoms. The maximum Gasteiger partial charge on any atom is 0.264 e. The van der Waals surface area contributed by atoms with Crippen molar-refractivity contribution in [3.63, 3.8) is 0 Å². The van der Waals surface area contributed by atoms with Crippen LogP contribution in [0.5, 0.6) is 0 Å². The van der Waals surface area contributed by atoms with Crippen LogP contribution in [0.3, 0.4) is 0 Å². The second-order valence-corrected chi connectivity index (χ2v) is 7.38. The molecule has 3 N–H and O–H groups in total. The van der Waals surface area contributed by atoms with Crippen molar-refractivity contribution in [2.75, 3.05) is 5.75 Å². The van der Waals surface area contributed by atoms with Crippen molar-refractivity contribution in [3.8, 4) is 0 Å². The van der Waals surface area contributed by atoms with Gasteiger partial charge in [-0.25, -0.2) is 0 Å². The Balaban J connectivity index is 3.25. The lowest BCUT2D eigenvalue weighted by atomic mass is 10.0. The molecule has 0 aliphatic rings. The van der Waals surface area contributed by atoms with E-state index in [2.05, 4.69) is 6.92 Å². The monoisotopic (exact) mass is 307 g/mol. The summed E-state index contributed by atoms with van der Waals surface area (Å²) in [5.41, 5.74) is 5.92. The molecule has 0 saturated carbocycles. The van der Waals surface area contributed by atoms with Gasteiger partial charge in [0, 0.05) is 6.04 Å². The molecule has 0 aromatic rings. The van der Waals surface area contributed by atoms with Crippen molar-refractivity contribution < 1.29 is 13.0 Å². The Labute approximate surface area is 125 Å². The third-order valence-corrected chi connectivity index (χ3v) is 4.46. The molecule has 1 atom stereocenters. The normalized spacial score (nSPS) is 13.6. The predicted molar refractivity (Wildman–Crippen MR) is 85.5 cm³/mol. The SMILES string of the molecule is CCCCCCCCCCCC(N)CCCS(=O)(=O)O. The van der Waals surface area contributed by atoms with Crippen LogP contribution in [0.1, 0.15) is 84.0 Å². The van der Waals surface area contributed by atoms with Crippen molar-refractivity contribution in [1.82, 2.24) is 0 Å². The molecule has 4 nitrogen and oxygen atoms in total. The number of rotatable bonds is 14. The molecule has 0 aliphatic carbocycles. The summed E-state index contributed by atoms with van der Waals surface area (Å²) in [5, 5.41) is 0. The minimum atomic E-state index is -3.82. The van der Waals surface area contributed by atoms with E-state index in [-0.39, 0.29) is 11.8 Å². The first kappa shape index (κ1) is 19.9. The molecule has 0 aliphatic heterocycles. The Morgan fingerprint density at radius 1 is 0.850 bits per heavy atom.